The monoisotopic (exact) mass is 364 g/mol. The first-order valence-corrected chi connectivity index (χ1v) is 8.07. The third-order valence-electron chi connectivity index (χ3n) is 3.16. The molecule has 2 aromatic rings. The third kappa shape index (κ3) is 4.87. The first-order valence-electron chi connectivity index (χ1n) is 7.28. The van der Waals surface area contributed by atoms with Crippen LogP contribution in [0.15, 0.2) is 38.1 Å². The molecule has 0 aliphatic rings. The van der Waals surface area contributed by atoms with Crippen molar-refractivity contribution >= 4 is 21.9 Å². The van der Waals surface area contributed by atoms with Gasteiger partial charge in [-0.05, 0) is 38.5 Å². The van der Waals surface area contributed by atoms with E-state index in [9.17, 15) is 0 Å². The summed E-state index contributed by atoms with van der Waals surface area (Å²) < 4.78 is 6.63. The largest absolute Gasteiger partial charge is 0.444 e. The van der Waals surface area contributed by atoms with Crippen molar-refractivity contribution in [2.24, 2.45) is 4.99 Å². The van der Waals surface area contributed by atoms with E-state index in [1.165, 1.54) is 0 Å². The zero-order valence-corrected chi connectivity index (χ0v) is 14.7. The number of nitrogens with one attached hydrogen (secondary N) is 2. The molecule has 1 heterocycles. The number of rotatable bonds is 5. The fourth-order valence-electron chi connectivity index (χ4n) is 1.88. The van der Waals surface area contributed by atoms with Crippen molar-refractivity contribution in [1.29, 1.82) is 0 Å². The summed E-state index contributed by atoms with van der Waals surface area (Å²) in [6.07, 6.45) is 0. The predicted octanol–water partition coefficient (Wildman–Crippen LogP) is 3.31. The Hall–Kier alpha value is -1.82. The maximum atomic E-state index is 5.56. The van der Waals surface area contributed by atoms with Gasteiger partial charge in [0.05, 0.1) is 18.8 Å². The van der Waals surface area contributed by atoms with Gasteiger partial charge < -0.3 is 15.1 Å². The molecule has 6 heteroatoms. The van der Waals surface area contributed by atoms with Gasteiger partial charge >= 0.3 is 0 Å². The Balaban J connectivity index is 1.96. The van der Waals surface area contributed by atoms with E-state index in [1.807, 2.05) is 32.9 Å². The summed E-state index contributed by atoms with van der Waals surface area (Å²) >= 11 is 3.43. The molecule has 5 nitrogen and oxygen atoms in total. The molecule has 2 rings (SSSR count). The number of hydrogen-bond donors (Lipinski definition) is 2. The third-order valence-corrected chi connectivity index (χ3v) is 3.69. The maximum absolute atomic E-state index is 5.56. The lowest BCUT2D eigenvalue weighted by molar-refractivity contribution is 0.463. The van der Waals surface area contributed by atoms with Crippen LogP contribution in [0.5, 0.6) is 0 Å². The Bertz CT molecular complexity index is 615. The quantitative estimate of drug-likeness (QED) is 0.630. The van der Waals surface area contributed by atoms with Gasteiger partial charge in [0.15, 0.2) is 5.96 Å². The van der Waals surface area contributed by atoms with Crippen LogP contribution in [0.1, 0.15) is 29.8 Å². The van der Waals surface area contributed by atoms with E-state index in [0.29, 0.717) is 19.0 Å². The van der Waals surface area contributed by atoms with Crippen LogP contribution in [-0.2, 0) is 13.1 Å². The molecule has 0 bridgehead atoms. The summed E-state index contributed by atoms with van der Waals surface area (Å²) in [5, 5.41) is 6.45. The highest BCUT2D eigenvalue weighted by molar-refractivity contribution is 9.10. The lowest BCUT2D eigenvalue weighted by Gasteiger charge is -2.09. The first-order chi connectivity index (χ1) is 10.6. The topological polar surface area (TPSA) is 62.5 Å². The van der Waals surface area contributed by atoms with Crippen molar-refractivity contribution in [3.8, 4) is 0 Å². The summed E-state index contributed by atoms with van der Waals surface area (Å²) in [5.41, 5.74) is 2.08. The Morgan fingerprint density at radius 3 is 2.55 bits per heavy atom. The number of aromatic nitrogens is 1. The smallest absolute Gasteiger partial charge is 0.214 e. The van der Waals surface area contributed by atoms with E-state index in [4.69, 9.17) is 4.42 Å². The van der Waals surface area contributed by atoms with Crippen molar-refractivity contribution in [3.63, 3.8) is 0 Å². The normalized spacial score (nSPS) is 11.5. The SMILES string of the molecule is CCNC(=NCc1ccc(Br)cc1)NCc1nc(C)c(C)o1. The van der Waals surface area contributed by atoms with Crippen LogP contribution in [-0.4, -0.2) is 17.5 Å². The number of guanidine groups is 1. The van der Waals surface area contributed by atoms with Gasteiger partial charge in [0.2, 0.25) is 5.89 Å². The lowest BCUT2D eigenvalue weighted by atomic mass is 10.2. The molecule has 0 saturated heterocycles. The minimum absolute atomic E-state index is 0.515. The second-order valence-electron chi connectivity index (χ2n) is 4.92. The molecule has 0 aliphatic heterocycles. The Morgan fingerprint density at radius 1 is 1.23 bits per heavy atom. The molecule has 0 fully saturated rings. The van der Waals surface area contributed by atoms with Crippen molar-refractivity contribution in [1.82, 2.24) is 15.6 Å². The highest BCUT2D eigenvalue weighted by Crippen LogP contribution is 2.11. The lowest BCUT2D eigenvalue weighted by Crippen LogP contribution is -2.36. The van der Waals surface area contributed by atoms with Crippen LogP contribution in [0.4, 0.5) is 0 Å². The van der Waals surface area contributed by atoms with E-state index in [2.05, 4.69) is 48.7 Å². The number of oxazole rings is 1. The molecule has 0 amide bonds. The Labute approximate surface area is 139 Å². The van der Waals surface area contributed by atoms with Crippen LogP contribution in [0.3, 0.4) is 0 Å². The van der Waals surface area contributed by atoms with E-state index in [1.54, 1.807) is 0 Å². The summed E-state index contributed by atoms with van der Waals surface area (Å²) in [4.78, 5) is 8.92. The van der Waals surface area contributed by atoms with Gasteiger partial charge in [0.1, 0.15) is 5.76 Å². The van der Waals surface area contributed by atoms with Crippen molar-refractivity contribution < 1.29 is 4.42 Å². The second kappa shape index (κ2) is 7.98. The van der Waals surface area contributed by atoms with E-state index in [-0.39, 0.29) is 0 Å². The molecule has 0 aliphatic carbocycles. The van der Waals surface area contributed by atoms with Gasteiger partial charge in [0, 0.05) is 11.0 Å². The standard InChI is InChI=1S/C16H21BrN4O/c1-4-18-16(19-9-13-5-7-14(17)8-6-13)20-10-15-21-11(2)12(3)22-15/h5-8H,4,9-10H2,1-3H3,(H2,18,19,20). The molecule has 1 aromatic heterocycles. The zero-order valence-electron chi connectivity index (χ0n) is 13.1. The summed E-state index contributed by atoms with van der Waals surface area (Å²) in [6.45, 7) is 7.83. The van der Waals surface area contributed by atoms with Crippen LogP contribution in [0.25, 0.3) is 0 Å². The Morgan fingerprint density at radius 2 is 1.95 bits per heavy atom. The van der Waals surface area contributed by atoms with Gasteiger partial charge in [-0.25, -0.2) is 9.98 Å². The van der Waals surface area contributed by atoms with Crippen molar-refractivity contribution in [2.45, 2.75) is 33.9 Å². The van der Waals surface area contributed by atoms with Crippen LogP contribution in [0.2, 0.25) is 0 Å². The fourth-order valence-corrected chi connectivity index (χ4v) is 2.14. The summed E-state index contributed by atoms with van der Waals surface area (Å²) in [6, 6.07) is 8.14. The molecule has 1 aromatic carbocycles. The number of aryl methyl sites for hydroxylation is 2. The van der Waals surface area contributed by atoms with Crippen LogP contribution >= 0.6 is 15.9 Å². The molecule has 22 heavy (non-hydrogen) atoms. The number of hydrogen-bond acceptors (Lipinski definition) is 3. The minimum atomic E-state index is 0.515. The van der Waals surface area contributed by atoms with E-state index >= 15 is 0 Å². The van der Waals surface area contributed by atoms with E-state index in [0.717, 1.165) is 34.0 Å². The maximum Gasteiger partial charge on any atom is 0.214 e. The van der Waals surface area contributed by atoms with Gasteiger partial charge in [0.25, 0.3) is 0 Å². The average Bonchev–Trinajstić information content (AvgIpc) is 2.82. The van der Waals surface area contributed by atoms with Crippen LogP contribution < -0.4 is 10.6 Å². The van der Waals surface area contributed by atoms with E-state index < -0.39 is 0 Å². The molecular formula is C16H21BrN4O. The number of halogens is 1. The molecule has 0 spiro atoms. The zero-order chi connectivity index (χ0) is 15.9. The molecule has 0 unspecified atom stereocenters. The number of aliphatic imine (C=N–C) groups is 1. The fraction of sp³-hybridized carbons (Fsp3) is 0.375. The van der Waals surface area contributed by atoms with Crippen molar-refractivity contribution in [2.75, 3.05) is 6.54 Å². The average molecular weight is 365 g/mol. The van der Waals surface area contributed by atoms with Gasteiger partial charge in [-0.3, -0.25) is 0 Å². The number of benzene rings is 1. The van der Waals surface area contributed by atoms with Crippen molar-refractivity contribution in [3.05, 3.63) is 51.6 Å². The van der Waals surface area contributed by atoms with Crippen LogP contribution in [0, 0.1) is 13.8 Å². The predicted molar refractivity (Wildman–Crippen MR) is 91.8 cm³/mol. The first kappa shape index (κ1) is 16.5. The number of nitrogens with zero attached hydrogens (tertiary/aromatic N) is 2. The Kier molecular flexibility index (Phi) is 6.00. The molecule has 0 atom stereocenters. The summed E-state index contributed by atoms with van der Waals surface area (Å²) in [5.74, 6) is 2.27. The highest BCUT2D eigenvalue weighted by atomic mass is 79.9. The van der Waals surface area contributed by atoms with Gasteiger partial charge in [-0.2, -0.15) is 0 Å². The molecule has 2 N–H and O–H groups in total. The molecular weight excluding hydrogens is 344 g/mol. The second-order valence-corrected chi connectivity index (χ2v) is 5.84. The molecule has 118 valence electrons. The highest BCUT2D eigenvalue weighted by Gasteiger charge is 2.06. The molecule has 0 radical (unpaired) electrons. The minimum Gasteiger partial charge on any atom is -0.444 e. The summed E-state index contributed by atoms with van der Waals surface area (Å²) in [7, 11) is 0. The van der Waals surface area contributed by atoms with Gasteiger partial charge in [-0.15, -0.1) is 0 Å². The van der Waals surface area contributed by atoms with Gasteiger partial charge in [-0.1, -0.05) is 28.1 Å². The molecule has 0 saturated carbocycles.